The van der Waals surface area contributed by atoms with Crippen molar-refractivity contribution < 1.29 is 19.1 Å². The lowest BCUT2D eigenvalue weighted by atomic mass is 9.49. The summed E-state index contributed by atoms with van der Waals surface area (Å²) in [6.45, 7) is 8.37. The van der Waals surface area contributed by atoms with Crippen LogP contribution < -0.4 is 10.1 Å². The van der Waals surface area contributed by atoms with Crippen LogP contribution in [0.2, 0.25) is 0 Å². The van der Waals surface area contributed by atoms with E-state index >= 15 is 0 Å². The van der Waals surface area contributed by atoms with E-state index < -0.39 is 5.60 Å². The molecule has 0 radical (unpaired) electrons. The van der Waals surface area contributed by atoms with Gasteiger partial charge in [-0.25, -0.2) is 4.79 Å². The van der Waals surface area contributed by atoms with Gasteiger partial charge in [0.1, 0.15) is 11.4 Å². The quantitative estimate of drug-likeness (QED) is 0.377. The predicted molar refractivity (Wildman–Crippen MR) is 146 cm³/mol. The maximum Gasteiger partial charge on any atom is 0.411 e. The Kier molecular flexibility index (Phi) is 8.15. The molecule has 1 N–H and O–H groups in total. The highest BCUT2D eigenvalue weighted by Gasteiger charge is 2.61. The highest BCUT2D eigenvalue weighted by Crippen LogP contribution is 2.61. The first kappa shape index (κ1) is 27.0. The van der Waals surface area contributed by atoms with E-state index in [1.807, 2.05) is 68.1 Å². The van der Waals surface area contributed by atoms with Crippen molar-refractivity contribution >= 4 is 12.0 Å². The number of carbonyl (C=O) groups is 2. The molecule has 0 aromatic heterocycles. The lowest BCUT2D eigenvalue weighted by Crippen LogP contribution is -2.69. The minimum atomic E-state index is -0.528. The van der Waals surface area contributed by atoms with E-state index in [9.17, 15) is 9.59 Å². The summed E-state index contributed by atoms with van der Waals surface area (Å²) in [6.07, 6.45) is 6.77. The molecule has 0 spiro atoms. The zero-order valence-corrected chi connectivity index (χ0v) is 23.0. The van der Waals surface area contributed by atoms with Crippen LogP contribution in [0.5, 0.6) is 5.75 Å². The molecular formula is C31H42N2O4. The maximum atomic E-state index is 13.1. The summed E-state index contributed by atoms with van der Waals surface area (Å²) in [5, 5.41) is 3.24. The normalized spacial score (nSPS) is 20.7. The number of ether oxygens (including phenoxy) is 2. The van der Waals surface area contributed by atoms with Gasteiger partial charge in [0.05, 0.1) is 7.11 Å². The fourth-order valence-corrected chi connectivity index (χ4v) is 5.48. The molecule has 2 bridgehead atoms. The minimum Gasteiger partial charge on any atom is -0.497 e. The molecule has 3 fully saturated rings. The van der Waals surface area contributed by atoms with Crippen LogP contribution >= 0.6 is 0 Å². The predicted octanol–water partition coefficient (Wildman–Crippen LogP) is 6.52. The number of hydrogen-bond acceptors (Lipinski definition) is 4. The van der Waals surface area contributed by atoms with E-state index in [2.05, 4.69) is 18.3 Å². The van der Waals surface area contributed by atoms with Crippen molar-refractivity contribution in [1.29, 1.82) is 0 Å². The van der Waals surface area contributed by atoms with Gasteiger partial charge in [-0.2, -0.15) is 0 Å². The van der Waals surface area contributed by atoms with Crippen LogP contribution in [0.4, 0.5) is 4.79 Å². The molecule has 2 aromatic rings. The van der Waals surface area contributed by atoms with Crippen molar-refractivity contribution in [3.8, 4) is 5.75 Å². The highest BCUT2D eigenvalue weighted by molar-refractivity contribution is 5.94. The Bertz CT molecular complexity index is 1070. The molecular weight excluding hydrogens is 464 g/mol. The summed E-state index contributed by atoms with van der Waals surface area (Å²) in [6, 6.07) is 15.7. The third-order valence-corrected chi connectivity index (χ3v) is 7.61. The fourth-order valence-electron chi connectivity index (χ4n) is 5.48. The van der Waals surface area contributed by atoms with Gasteiger partial charge >= 0.3 is 6.09 Å². The first-order valence-corrected chi connectivity index (χ1v) is 13.6. The molecule has 1 atom stereocenters. The number of carbonyl (C=O) groups excluding carboxylic acids is 2. The molecule has 37 heavy (non-hydrogen) atoms. The summed E-state index contributed by atoms with van der Waals surface area (Å²) in [7, 11) is 1.67. The zero-order chi connectivity index (χ0) is 26.6. The number of benzene rings is 2. The summed E-state index contributed by atoms with van der Waals surface area (Å²) in [5.74, 6) is 1.51. The molecule has 3 aliphatic rings. The maximum absolute atomic E-state index is 13.1. The summed E-state index contributed by atoms with van der Waals surface area (Å²) >= 11 is 0. The number of nitrogens with one attached hydrogen (secondary N) is 1. The highest BCUT2D eigenvalue weighted by atomic mass is 16.6. The SMILES string of the molecule is CCCC[C@@H](Cc1cccc(OC)c1)NC(=O)c1ccc(CN(C(=O)OC(C)(C)C)C23CC(C2)C3)cc1. The molecule has 3 saturated carbocycles. The number of amides is 2. The molecule has 0 heterocycles. The number of nitrogens with zero attached hydrogens (tertiary/aromatic N) is 1. The molecule has 2 aromatic carbocycles. The zero-order valence-electron chi connectivity index (χ0n) is 23.0. The van der Waals surface area contributed by atoms with E-state index in [1.54, 1.807) is 7.11 Å². The monoisotopic (exact) mass is 506 g/mol. The van der Waals surface area contributed by atoms with Crippen molar-refractivity contribution in [3.05, 3.63) is 65.2 Å². The molecule has 6 heteroatoms. The molecule has 3 aliphatic carbocycles. The van der Waals surface area contributed by atoms with Gasteiger partial charge in [0, 0.05) is 23.7 Å². The first-order valence-electron chi connectivity index (χ1n) is 13.6. The van der Waals surface area contributed by atoms with Crippen LogP contribution in [-0.4, -0.2) is 41.2 Å². The van der Waals surface area contributed by atoms with Gasteiger partial charge < -0.3 is 14.8 Å². The third-order valence-electron chi connectivity index (χ3n) is 7.61. The average Bonchev–Trinajstić information content (AvgIpc) is 2.79. The molecule has 5 rings (SSSR count). The van der Waals surface area contributed by atoms with Crippen LogP contribution in [0.15, 0.2) is 48.5 Å². The third kappa shape index (κ3) is 6.65. The van der Waals surface area contributed by atoms with Crippen molar-refractivity contribution in [3.63, 3.8) is 0 Å². The lowest BCUT2D eigenvalue weighted by molar-refractivity contribution is -0.141. The lowest BCUT2D eigenvalue weighted by Gasteiger charge is -2.65. The second kappa shape index (κ2) is 11.2. The Labute approximate surface area is 221 Å². The van der Waals surface area contributed by atoms with E-state index in [0.717, 1.165) is 67.7 Å². The van der Waals surface area contributed by atoms with E-state index in [1.165, 1.54) is 0 Å². The van der Waals surface area contributed by atoms with Crippen molar-refractivity contribution in [1.82, 2.24) is 10.2 Å². The minimum absolute atomic E-state index is 0.0460. The second-order valence-electron chi connectivity index (χ2n) is 11.8. The van der Waals surface area contributed by atoms with Gasteiger partial charge in [0.25, 0.3) is 5.91 Å². The van der Waals surface area contributed by atoms with Crippen molar-refractivity contribution in [2.24, 2.45) is 5.92 Å². The average molecular weight is 507 g/mol. The van der Waals surface area contributed by atoms with Gasteiger partial charge in [-0.05, 0) is 94.2 Å². The largest absolute Gasteiger partial charge is 0.497 e. The number of unbranched alkanes of at least 4 members (excludes halogenated alkanes) is 1. The Morgan fingerprint density at radius 3 is 2.35 bits per heavy atom. The molecule has 6 nitrogen and oxygen atoms in total. The second-order valence-corrected chi connectivity index (χ2v) is 11.8. The summed E-state index contributed by atoms with van der Waals surface area (Å²) in [4.78, 5) is 28.1. The van der Waals surface area contributed by atoms with E-state index in [-0.39, 0.29) is 23.6 Å². The van der Waals surface area contributed by atoms with Gasteiger partial charge in [0.15, 0.2) is 0 Å². The summed E-state index contributed by atoms with van der Waals surface area (Å²) in [5.41, 5.74) is 2.21. The Balaban J connectivity index is 1.40. The molecule has 0 unspecified atom stereocenters. The Morgan fingerprint density at radius 2 is 1.78 bits per heavy atom. The summed E-state index contributed by atoms with van der Waals surface area (Å²) < 4.78 is 11.1. The van der Waals surface area contributed by atoms with Gasteiger partial charge in [-0.15, -0.1) is 0 Å². The smallest absolute Gasteiger partial charge is 0.411 e. The van der Waals surface area contributed by atoms with Crippen LogP contribution in [0.1, 0.15) is 87.7 Å². The van der Waals surface area contributed by atoms with E-state index in [4.69, 9.17) is 9.47 Å². The molecule has 0 saturated heterocycles. The number of methoxy groups -OCH3 is 1. The van der Waals surface area contributed by atoms with E-state index in [0.29, 0.717) is 12.1 Å². The fraction of sp³-hybridized carbons (Fsp3) is 0.548. The standard InChI is InChI=1S/C31H42N2O4/c1-6-7-10-26(16-23-9-8-11-27(17-23)36-5)32-28(34)25-14-12-22(13-15-25)21-33(29(35)37-30(2,3)4)31-18-24(19-31)20-31/h8-9,11-15,17,24,26H,6-7,10,16,18-21H2,1-5H3,(H,32,34)/t24?,26-,31?/m0/s1. The van der Waals surface area contributed by atoms with Crippen LogP contribution in [-0.2, 0) is 17.7 Å². The van der Waals surface area contributed by atoms with Crippen molar-refractivity contribution in [2.75, 3.05) is 7.11 Å². The number of hydrogen-bond donors (Lipinski definition) is 1. The van der Waals surface area contributed by atoms with Gasteiger partial charge in [0.2, 0.25) is 0 Å². The van der Waals surface area contributed by atoms with Crippen LogP contribution in [0.25, 0.3) is 0 Å². The van der Waals surface area contributed by atoms with Crippen molar-refractivity contribution in [2.45, 2.75) is 96.4 Å². The van der Waals surface area contributed by atoms with Crippen LogP contribution in [0, 0.1) is 5.92 Å². The molecule has 2 amide bonds. The van der Waals surface area contributed by atoms with Gasteiger partial charge in [-0.1, -0.05) is 44.0 Å². The first-order chi connectivity index (χ1) is 17.6. The van der Waals surface area contributed by atoms with Crippen LogP contribution in [0.3, 0.4) is 0 Å². The Hall–Kier alpha value is -3.02. The number of rotatable bonds is 11. The topological polar surface area (TPSA) is 67.9 Å². The molecule has 0 aliphatic heterocycles. The van der Waals surface area contributed by atoms with Gasteiger partial charge in [-0.3, -0.25) is 9.69 Å². The molecule has 200 valence electrons. The Morgan fingerprint density at radius 1 is 1.08 bits per heavy atom.